The lowest BCUT2D eigenvalue weighted by molar-refractivity contribution is -0.138. The fourth-order valence-electron chi connectivity index (χ4n) is 5.45. The number of fused-ring (bicyclic) bond motifs is 1. The molecule has 1 aromatic heterocycles. The van der Waals surface area contributed by atoms with Crippen LogP contribution in [0.2, 0.25) is 0 Å². The Morgan fingerprint density at radius 1 is 1.02 bits per heavy atom. The van der Waals surface area contributed by atoms with Gasteiger partial charge in [-0.2, -0.15) is 44.3 Å². The number of carbonyl (C=O) groups excluding carboxylic acids is 1. The molecule has 52 heavy (non-hydrogen) atoms. The van der Waals surface area contributed by atoms with Crippen LogP contribution in [0.3, 0.4) is 0 Å². The van der Waals surface area contributed by atoms with E-state index in [1.165, 1.54) is 9.70 Å². The van der Waals surface area contributed by atoms with Gasteiger partial charge in [-0.3, -0.25) is 4.90 Å². The number of rotatable bonds is 6. The molecule has 0 radical (unpaired) electrons. The van der Waals surface area contributed by atoms with Crippen molar-refractivity contribution in [2.24, 2.45) is 7.05 Å². The van der Waals surface area contributed by atoms with E-state index in [1.807, 2.05) is 18.7 Å². The fraction of sp³-hybridized carbons (Fsp3) is 0.600. The molecule has 1 atom stereocenters. The normalized spacial score (nSPS) is 16.4. The average Bonchev–Trinajstić information content (AvgIpc) is 3.67. The van der Waals surface area contributed by atoms with E-state index in [-0.39, 0.29) is 43.3 Å². The SMILES string of the molecule is C=C/C=C(\C=C(C)C)C(F)(F)F.CC.CC(F)(F)F.CCc1cc2c(cc1C(F)(F)F)N(C(=O)OC1CCCC1)CCCC2N(C)c1nnn(C)n1. The standard InChI is InChI=1S/C22H29F3N6O2.C9H11F3.C2H3F3.C2H6/c1-4-14-12-16-18(29(2)20-26-28-30(3)27-20)10-7-11-31(19(16)13-17(14)22(23,24)25)21(32)33-15-8-5-6-9-15;1-4-5-8(6-7(2)3)9(10,11)12;1-2(3,4)5;1-2/h12-13,15,18H,4-11H2,1-3H3;4-6H,1H2,2-3H3;1H3;1-2H3/b;8-5+;;. The minimum absolute atomic E-state index is 0.177. The summed E-state index contributed by atoms with van der Waals surface area (Å²) in [6.07, 6.45) is -5.42. The number of allylic oxidation sites excluding steroid dienone is 5. The van der Waals surface area contributed by atoms with Crippen molar-refractivity contribution in [1.29, 1.82) is 0 Å². The van der Waals surface area contributed by atoms with Crippen molar-refractivity contribution < 1.29 is 49.0 Å². The highest BCUT2D eigenvalue weighted by Gasteiger charge is 2.38. The number of halogens is 9. The highest BCUT2D eigenvalue weighted by molar-refractivity contribution is 5.89. The maximum Gasteiger partial charge on any atom is 0.416 e. The lowest BCUT2D eigenvalue weighted by atomic mass is 9.93. The highest BCUT2D eigenvalue weighted by atomic mass is 19.4. The summed E-state index contributed by atoms with van der Waals surface area (Å²) in [5.74, 6) is 0.369. The van der Waals surface area contributed by atoms with Gasteiger partial charge in [0.15, 0.2) is 0 Å². The summed E-state index contributed by atoms with van der Waals surface area (Å²) in [5, 5.41) is 12.2. The third-order valence-electron chi connectivity index (χ3n) is 7.59. The zero-order valence-corrected chi connectivity index (χ0v) is 30.8. The Labute approximate surface area is 299 Å². The maximum absolute atomic E-state index is 13.9. The van der Waals surface area contributed by atoms with E-state index >= 15 is 0 Å². The Morgan fingerprint density at radius 3 is 2.04 bits per heavy atom. The van der Waals surface area contributed by atoms with Gasteiger partial charge in [0.25, 0.3) is 5.95 Å². The smallest absolute Gasteiger partial charge is 0.416 e. The molecule has 0 spiro atoms. The number of aryl methyl sites for hydroxylation is 2. The summed E-state index contributed by atoms with van der Waals surface area (Å²) in [5.41, 5.74) is 0.287. The maximum atomic E-state index is 13.9. The van der Waals surface area contributed by atoms with E-state index in [4.69, 9.17) is 4.74 Å². The molecule has 1 aliphatic heterocycles. The Bertz CT molecular complexity index is 1480. The molecule has 2 heterocycles. The number of tetrazole rings is 1. The van der Waals surface area contributed by atoms with E-state index in [0.29, 0.717) is 29.9 Å². The van der Waals surface area contributed by atoms with E-state index in [0.717, 1.165) is 50.0 Å². The van der Waals surface area contributed by atoms with Crippen LogP contribution in [0.15, 0.2) is 48.1 Å². The van der Waals surface area contributed by atoms with Gasteiger partial charge in [0.05, 0.1) is 29.9 Å². The predicted molar refractivity (Wildman–Crippen MR) is 183 cm³/mol. The molecule has 4 rings (SSSR count). The molecule has 294 valence electrons. The van der Waals surface area contributed by atoms with Gasteiger partial charge in [0.1, 0.15) is 6.10 Å². The minimum Gasteiger partial charge on any atom is -0.446 e. The molecule has 1 aliphatic carbocycles. The molecule has 1 aromatic carbocycles. The lowest BCUT2D eigenvalue weighted by Gasteiger charge is -2.30. The summed E-state index contributed by atoms with van der Waals surface area (Å²) >= 11 is 0. The summed E-state index contributed by atoms with van der Waals surface area (Å²) in [4.78, 5) is 17.6. The van der Waals surface area contributed by atoms with Crippen LogP contribution < -0.4 is 9.80 Å². The molecule has 1 saturated carbocycles. The summed E-state index contributed by atoms with van der Waals surface area (Å²) in [6.45, 7) is 12.6. The lowest BCUT2D eigenvalue weighted by Crippen LogP contribution is -2.35. The molecular weight excluding hydrogens is 707 g/mol. The van der Waals surface area contributed by atoms with Crippen LogP contribution in [0.25, 0.3) is 0 Å². The van der Waals surface area contributed by atoms with Crippen LogP contribution in [0.4, 0.5) is 55.9 Å². The number of anilines is 2. The molecule has 1 unspecified atom stereocenters. The molecule has 17 heteroatoms. The zero-order chi connectivity index (χ0) is 40.0. The second-order valence-corrected chi connectivity index (χ2v) is 12.1. The van der Waals surface area contributed by atoms with E-state index < -0.39 is 35.8 Å². The van der Waals surface area contributed by atoms with Crippen molar-refractivity contribution in [3.05, 3.63) is 64.8 Å². The van der Waals surface area contributed by atoms with E-state index in [2.05, 4.69) is 22.0 Å². The molecule has 1 fully saturated rings. The van der Waals surface area contributed by atoms with Crippen molar-refractivity contribution >= 4 is 17.7 Å². The van der Waals surface area contributed by atoms with Crippen LogP contribution in [0.5, 0.6) is 0 Å². The Morgan fingerprint density at radius 2 is 1.60 bits per heavy atom. The first-order valence-corrected chi connectivity index (χ1v) is 16.9. The number of ether oxygens (including phenoxy) is 1. The molecule has 0 saturated heterocycles. The summed E-state index contributed by atoms with van der Waals surface area (Å²) in [6, 6.07) is 2.37. The van der Waals surface area contributed by atoms with Gasteiger partial charge in [-0.15, -0.1) is 5.10 Å². The van der Waals surface area contributed by atoms with Gasteiger partial charge in [-0.05, 0) is 81.2 Å². The number of alkyl halides is 9. The van der Waals surface area contributed by atoms with Gasteiger partial charge in [-0.1, -0.05) is 62.3 Å². The fourth-order valence-corrected chi connectivity index (χ4v) is 5.45. The van der Waals surface area contributed by atoms with Gasteiger partial charge in [-0.25, -0.2) is 4.79 Å². The van der Waals surface area contributed by atoms with Crippen molar-refractivity contribution in [3.8, 4) is 0 Å². The first-order chi connectivity index (χ1) is 24.1. The molecule has 1 amide bonds. The van der Waals surface area contributed by atoms with Gasteiger partial charge < -0.3 is 9.64 Å². The largest absolute Gasteiger partial charge is 0.446 e. The summed E-state index contributed by atoms with van der Waals surface area (Å²) < 4.78 is 115. The molecule has 2 aliphatic rings. The third-order valence-corrected chi connectivity index (χ3v) is 7.59. The monoisotopic (exact) mass is 756 g/mol. The third kappa shape index (κ3) is 14.9. The molecule has 8 nitrogen and oxygen atoms in total. The van der Waals surface area contributed by atoms with E-state index in [1.54, 1.807) is 40.9 Å². The number of benzene rings is 1. The van der Waals surface area contributed by atoms with Crippen LogP contribution >= 0.6 is 0 Å². The van der Waals surface area contributed by atoms with Crippen LogP contribution in [0.1, 0.15) is 103 Å². The van der Waals surface area contributed by atoms with Crippen LogP contribution in [0, 0.1) is 0 Å². The first kappa shape index (κ1) is 46.0. The van der Waals surface area contributed by atoms with Crippen molar-refractivity contribution in [1.82, 2.24) is 20.2 Å². The van der Waals surface area contributed by atoms with Crippen molar-refractivity contribution in [2.45, 2.75) is 117 Å². The van der Waals surface area contributed by atoms with Gasteiger partial charge >= 0.3 is 24.6 Å². The minimum atomic E-state index is -4.53. The highest BCUT2D eigenvalue weighted by Crippen LogP contribution is 2.43. The Hall–Kier alpha value is -4.05. The van der Waals surface area contributed by atoms with Crippen molar-refractivity contribution in [3.63, 3.8) is 0 Å². The Balaban J connectivity index is 0.000000591. The predicted octanol–water partition coefficient (Wildman–Crippen LogP) is 10.9. The van der Waals surface area contributed by atoms with E-state index in [9.17, 15) is 44.3 Å². The number of carbonyl (C=O) groups is 1. The number of nitrogens with zero attached hydrogens (tertiary/aromatic N) is 6. The Kier molecular flexibility index (Phi) is 17.9. The quantitative estimate of drug-likeness (QED) is 0.216. The molecule has 0 N–H and O–H groups in total. The molecule has 2 aromatic rings. The first-order valence-electron chi connectivity index (χ1n) is 16.9. The number of aromatic nitrogens is 4. The van der Waals surface area contributed by atoms with Crippen molar-refractivity contribution in [2.75, 3.05) is 23.4 Å². The number of amides is 1. The summed E-state index contributed by atoms with van der Waals surface area (Å²) in [7, 11) is 3.44. The number of hydrogen-bond acceptors (Lipinski definition) is 6. The molecular formula is C35H49F9N6O2. The number of hydrogen-bond donors (Lipinski definition) is 0. The zero-order valence-electron chi connectivity index (χ0n) is 30.8. The van der Waals surface area contributed by atoms with Gasteiger partial charge in [0, 0.05) is 20.5 Å². The second-order valence-electron chi connectivity index (χ2n) is 12.1. The van der Waals surface area contributed by atoms with Crippen LogP contribution in [-0.4, -0.2) is 58.3 Å². The average molecular weight is 757 g/mol. The van der Waals surface area contributed by atoms with Crippen LogP contribution in [-0.2, 0) is 24.4 Å². The second kappa shape index (κ2) is 20.3. The molecule has 0 bridgehead atoms. The van der Waals surface area contributed by atoms with Gasteiger partial charge in [0.2, 0.25) is 0 Å². The topological polar surface area (TPSA) is 76.4 Å².